The Kier molecular flexibility index (Phi) is 4.19. The van der Waals surface area contributed by atoms with E-state index in [-0.39, 0.29) is 27.9 Å². The van der Waals surface area contributed by atoms with Crippen molar-refractivity contribution in [1.29, 1.82) is 5.26 Å². The number of H-pyrrole nitrogens is 1. The summed E-state index contributed by atoms with van der Waals surface area (Å²) in [7, 11) is 0. The van der Waals surface area contributed by atoms with E-state index in [0.29, 0.717) is 10.7 Å². The first-order valence-corrected chi connectivity index (χ1v) is 8.09. The van der Waals surface area contributed by atoms with E-state index in [2.05, 4.69) is 19.9 Å². The zero-order valence-electron chi connectivity index (χ0n) is 11.9. The summed E-state index contributed by atoms with van der Waals surface area (Å²) in [5.74, 6) is -0.0826. The van der Waals surface area contributed by atoms with Crippen LogP contribution in [0.3, 0.4) is 0 Å². The Balaban J connectivity index is 2.18. The average Bonchev–Trinajstić information content (AvgIpc) is 2.99. The van der Waals surface area contributed by atoms with Crippen LogP contribution in [0.25, 0.3) is 22.4 Å². The average molecular weight is 344 g/mol. The molecule has 0 saturated carbocycles. The van der Waals surface area contributed by atoms with Crippen molar-refractivity contribution in [1.82, 2.24) is 19.9 Å². The summed E-state index contributed by atoms with van der Waals surface area (Å²) >= 11 is 7.35. The van der Waals surface area contributed by atoms with Gasteiger partial charge < -0.3 is 10.1 Å². The number of benzene rings is 1. The van der Waals surface area contributed by atoms with Crippen LogP contribution in [0.15, 0.2) is 35.6 Å². The molecular weight excluding hydrogens is 334 g/mol. The van der Waals surface area contributed by atoms with Gasteiger partial charge in [-0.3, -0.25) is 0 Å². The van der Waals surface area contributed by atoms with E-state index < -0.39 is 0 Å². The van der Waals surface area contributed by atoms with E-state index in [0.717, 1.165) is 5.52 Å². The summed E-state index contributed by atoms with van der Waals surface area (Å²) in [6.07, 6.45) is 3.19. The molecule has 3 aromatic rings. The SMILES string of the molecule is CSc1ncc(Cl)c(/C(O)=C(/C#N)c2nc3ccccc3[nH]2)n1. The third-order valence-corrected chi connectivity index (χ3v) is 3.94. The maximum absolute atomic E-state index is 10.5. The smallest absolute Gasteiger partial charge is 0.188 e. The third kappa shape index (κ3) is 2.86. The Morgan fingerprint density at radius 2 is 2.13 bits per heavy atom. The van der Waals surface area contributed by atoms with E-state index in [4.69, 9.17) is 11.6 Å². The van der Waals surface area contributed by atoms with Crippen LogP contribution in [-0.2, 0) is 0 Å². The minimum absolute atomic E-state index is 0.0335. The molecule has 0 aliphatic rings. The highest BCUT2D eigenvalue weighted by molar-refractivity contribution is 7.98. The van der Waals surface area contributed by atoms with Crippen molar-refractivity contribution in [2.75, 3.05) is 6.26 Å². The molecule has 2 aromatic heterocycles. The third-order valence-electron chi connectivity index (χ3n) is 3.10. The highest BCUT2D eigenvalue weighted by atomic mass is 35.5. The first-order chi connectivity index (χ1) is 11.1. The molecule has 2 heterocycles. The maximum Gasteiger partial charge on any atom is 0.188 e. The number of aromatic nitrogens is 4. The number of hydrogen-bond donors (Lipinski definition) is 2. The van der Waals surface area contributed by atoms with Gasteiger partial charge >= 0.3 is 0 Å². The van der Waals surface area contributed by atoms with Crippen LogP contribution in [0.4, 0.5) is 0 Å². The van der Waals surface area contributed by atoms with Crippen LogP contribution in [0.5, 0.6) is 0 Å². The molecule has 0 spiro atoms. The summed E-state index contributed by atoms with van der Waals surface area (Å²) in [4.78, 5) is 15.5. The lowest BCUT2D eigenvalue weighted by molar-refractivity contribution is 0.509. The van der Waals surface area contributed by atoms with E-state index >= 15 is 0 Å². The number of halogens is 1. The van der Waals surface area contributed by atoms with Crippen molar-refractivity contribution in [2.45, 2.75) is 5.16 Å². The Hall–Kier alpha value is -2.56. The number of nitrogens with one attached hydrogen (secondary N) is 1. The zero-order chi connectivity index (χ0) is 16.4. The molecule has 0 radical (unpaired) electrons. The highest BCUT2D eigenvalue weighted by Gasteiger charge is 2.18. The summed E-state index contributed by atoms with van der Waals surface area (Å²) in [5.41, 5.74) is 1.53. The second kappa shape index (κ2) is 6.28. The van der Waals surface area contributed by atoms with Crippen molar-refractivity contribution in [3.05, 3.63) is 47.0 Å². The normalized spacial score (nSPS) is 12.0. The molecule has 0 aliphatic heterocycles. The quantitative estimate of drug-likeness (QED) is 0.326. The second-order valence-electron chi connectivity index (χ2n) is 4.49. The molecule has 1 aromatic carbocycles. The Morgan fingerprint density at radius 3 is 2.83 bits per heavy atom. The second-order valence-corrected chi connectivity index (χ2v) is 5.67. The fourth-order valence-corrected chi connectivity index (χ4v) is 2.54. The van der Waals surface area contributed by atoms with Crippen molar-refractivity contribution >= 4 is 45.7 Å². The van der Waals surface area contributed by atoms with Crippen LogP contribution < -0.4 is 0 Å². The number of fused-ring (bicyclic) bond motifs is 1. The molecule has 0 aliphatic carbocycles. The van der Waals surface area contributed by atoms with Crippen molar-refractivity contribution in [3.63, 3.8) is 0 Å². The highest BCUT2D eigenvalue weighted by Crippen LogP contribution is 2.28. The summed E-state index contributed by atoms with van der Waals surface area (Å²) in [6, 6.07) is 9.29. The van der Waals surface area contributed by atoms with Crippen molar-refractivity contribution in [2.24, 2.45) is 0 Å². The largest absolute Gasteiger partial charge is 0.504 e. The number of aliphatic hydroxyl groups excluding tert-OH is 1. The van der Waals surface area contributed by atoms with Gasteiger partial charge in [0.05, 0.1) is 22.3 Å². The summed E-state index contributed by atoms with van der Waals surface area (Å²) < 4.78 is 0. The lowest BCUT2D eigenvalue weighted by Gasteiger charge is -2.05. The number of aromatic amines is 1. The van der Waals surface area contributed by atoms with Gasteiger partial charge in [0, 0.05) is 0 Å². The standard InChI is InChI=1S/C15H10ClN5OS/c1-23-15-18-7-9(16)12(21-15)13(22)8(6-17)14-19-10-4-2-3-5-11(10)20-14/h2-5,7,22H,1H3,(H,19,20)/b13-8+. The first-order valence-electron chi connectivity index (χ1n) is 6.49. The molecule has 0 saturated heterocycles. The molecule has 0 bridgehead atoms. The van der Waals surface area contributed by atoms with Gasteiger partial charge in [-0.1, -0.05) is 35.5 Å². The fourth-order valence-electron chi connectivity index (χ4n) is 2.02. The van der Waals surface area contributed by atoms with E-state index in [1.807, 2.05) is 30.3 Å². The van der Waals surface area contributed by atoms with Crippen molar-refractivity contribution in [3.8, 4) is 6.07 Å². The van der Waals surface area contributed by atoms with Gasteiger partial charge in [-0.15, -0.1) is 0 Å². The number of imidazole rings is 1. The van der Waals surface area contributed by atoms with Crippen LogP contribution in [-0.4, -0.2) is 31.3 Å². The van der Waals surface area contributed by atoms with E-state index in [9.17, 15) is 10.4 Å². The number of hydrogen-bond acceptors (Lipinski definition) is 6. The predicted octanol–water partition coefficient (Wildman–Crippen LogP) is 3.68. The Morgan fingerprint density at radius 1 is 1.35 bits per heavy atom. The van der Waals surface area contributed by atoms with Gasteiger partial charge in [0.1, 0.15) is 17.3 Å². The van der Waals surface area contributed by atoms with Gasteiger partial charge in [0.2, 0.25) is 0 Å². The van der Waals surface area contributed by atoms with Gasteiger partial charge in [0.25, 0.3) is 0 Å². The molecular formula is C15H10ClN5OS. The van der Waals surface area contributed by atoms with Gasteiger partial charge in [-0.05, 0) is 18.4 Å². The van der Waals surface area contributed by atoms with Gasteiger partial charge in [0.15, 0.2) is 16.7 Å². The molecule has 23 heavy (non-hydrogen) atoms. The summed E-state index contributed by atoms with van der Waals surface area (Å²) in [5, 5.41) is 20.5. The van der Waals surface area contributed by atoms with Gasteiger partial charge in [-0.25, -0.2) is 15.0 Å². The lowest BCUT2D eigenvalue weighted by atomic mass is 10.2. The number of nitrogens with zero attached hydrogens (tertiary/aromatic N) is 4. The Labute approximate surface area is 140 Å². The lowest BCUT2D eigenvalue weighted by Crippen LogP contribution is -1.98. The minimum atomic E-state index is -0.339. The van der Waals surface area contributed by atoms with Crippen LogP contribution in [0, 0.1) is 11.3 Å². The molecule has 3 rings (SSSR count). The topological polar surface area (TPSA) is 98.5 Å². The number of allylic oxidation sites excluding steroid dienone is 1. The molecule has 6 nitrogen and oxygen atoms in total. The minimum Gasteiger partial charge on any atom is -0.504 e. The molecule has 2 N–H and O–H groups in total. The van der Waals surface area contributed by atoms with Crippen LogP contribution >= 0.6 is 23.4 Å². The number of rotatable bonds is 3. The van der Waals surface area contributed by atoms with E-state index in [1.165, 1.54) is 18.0 Å². The zero-order valence-corrected chi connectivity index (χ0v) is 13.5. The molecule has 114 valence electrons. The monoisotopic (exact) mass is 343 g/mol. The molecule has 8 heteroatoms. The number of aliphatic hydroxyl groups is 1. The first kappa shape index (κ1) is 15.3. The number of thioether (sulfide) groups is 1. The molecule has 0 atom stereocenters. The summed E-state index contributed by atoms with van der Waals surface area (Å²) in [6.45, 7) is 0. The fraction of sp³-hybridized carbons (Fsp3) is 0.0667. The number of para-hydroxylation sites is 2. The molecule has 0 unspecified atom stereocenters. The molecule has 0 amide bonds. The maximum atomic E-state index is 10.5. The number of nitriles is 1. The van der Waals surface area contributed by atoms with Gasteiger partial charge in [-0.2, -0.15) is 5.26 Å². The van der Waals surface area contributed by atoms with Crippen LogP contribution in [0.2, 0.25) is 5.02 Å². The molecule has 0 fully saturated rings. The van der Waals surface area contributed by atoms with E-state index in [1.54, 1.807) is 6.26 Å². The van der Waals surface area contributed by atoms with Crippen molar-refractivity contribution < 1.29 is 5.11 Å². The van der Waals surface area contributed by atoms with Crippen LogP contribution in [0.1, 0.15) is 11.5 Å². The Bertz CT molecular complexity index is 927. The predicted molar refractivity (Wildman–Crippen MR) is 90.0 cm³/mol.